The van der Waals surface area contributed by atoms with Crippen LogP contribution in [0.25, 0.3) is 0 Å². The molecule has 16 heavy (non-hydrogen) atoms. The van der Waals surface area contributed by atoms with Crippen molar-refractivity contribution in [1.82, 2.24) is 4.98 Å². The Morgan fingerprint density at radius 1 is 1.25 bits per heavy atom. The molecular weight excluding hydrogens is 198 g/mol. The largest absolute Gasteiger partial charge is 0.298 e. The molecule has 0 atom stereocenters. The fraction of sp³-hybridized carbons (Fsp3) is 0.143. The van der Waals surface area contributed by atoms with Crippen molar-refractivity contribution in [3.05, 3.63) is 65.0 Å². The highest BCUT2D eigenvalue weighted by Gasteiger charge is 2.03. The van der Waals surface area contributed by atoms with E-state index in [-0.39, 0.29) is 0 Å². The van der Waals surface area contributed by atoms with Crippen LogP contribution in [0, 0.1) is 6.92 Å². The van der Waals surface area contributed by atoms with Gasteiger partial charge in [-0.25, -0.2) is 0 Å². The van der Waals surface area contributed by atoms with Crippen LogP contribution in [-0.4, -0.2) is 11.3 Å². The number of aryl methyl sites for hydroxylation is 1. The van der Waals surface area contributed by atoms with Gasteiger partial charge in [0.1, 0.15) is 0 Å². The Kier molecular flexibility index (Phi) is 3.10. The molecule has 0 unspecified atom stereocenters. The van der Waals surface area contributed by atoms with Crippen LogP contribution >= 0.6 is 0 Å². The molecule has 0 aliphatic rings. The Balaban J connectivity index is 2.30. The summed E-state index contributed by atoms with van der Waals surface area (Å²) in [5.74, 6) is 0. The van der Waals surface area contributed by atoms with Gasteiger partial charge in [0, 0.05) is 18.2 Å². The molecule has 2 rings (SSSR count). The summed E-state index contributed by atoms with van der Waals surface area (Å²) in [6.07, 6.45) is 3.28. The average Bonchev–Trinajstić information content (AvgIpc) is 2.30. The molecule has 0 aliphatic heterocycles. The molecule has 80 valence electrons. The summed E-state index contributed by atoms with van der Waals surface area (Å²) in [5.41, 5.74) is 3.91. The first kappa shape index (κ1) is 10.6. The van der Waals surface area contributed by atoms with Crippen molar-refractivity contribution in [1.29, 1.82) is 0 Å². The number of pyridine rings is 1. The van der Waals surface area contributed by atoms with E-state index in [1.54, 1.807) is 18.3 Å². The number of hydrogen-bond donors (Lipinski definition) is 0. The molecule has 1 aromatic heterocycles. The Morgan fingerprint density at radius 2 is 2.12 bits per heavy atom. The monoisotopic (exact) mass is 211 g/mol. The highest BCUT2D eigenvalue weighted by Crippen LogP contribution is 2.11. The average molecular weight is 211 g/mol. The van der Waals surface area contributed by atoms with Crippen LogP contribution in [0.3, 0.4) is 0 Å². The van der Waals surface area contributed by atoms with Crippen molar-refractivity contribution in [2.24, 2.45) is 0 Å². The molecule has 0 aliphatic carbocycles. The quantitative estimate of drug-likeness (QED) is 0.731. The van der Waals surface area contributed by atoms with Crippen LogP contribution in [0.4, 0.5) is 0 Å². The minimum Gasteiger partial charge on any atom is -0.298 e. The summed E-state index contributed by atoms with van der Waals surface area (Å²) < 4.78 is 0. The van der Waals surface area contributed by atoms with Crippen LogP contribution in [0.5, 0.6) is 0 Å². The lowest BCUT2D eigenvalue weighted by Gasteiger charge is -2.04. The first-order valence-electron chi connectivity index (χ1n) is 5.24. The minimum absolute atomic E-state index is 0.670. The molecule has 0 saturated heterocycles. The predicted octanol–water partition coefficient (Wildman–Crippen LogP) is 2.79. The zero-order valence-corrected chi connectivity index (χ0v) is 9.18. The zero-order chi connectivity index (χ0) is 11.4. The third-order valence-corrected chi connectivity index (χ3v) is 2.51. The van der Waals surface area contributed by atoms with Gasteiger partial charge in [-0.05, 0) is 24.6 Å². The Hall–Kier alpha value is -1.96. The Bertz CT molecular complexity index is 506. The smallest absolute Gasteiger partial charge is 0.151 e. The molecule has 1 heterocycles. The van der Waals surface area contributed by atoms with Crippen molar-refractivity contribution in [3.63, 3.8) is 0 Å². The third-order valence-electron chi connectivity index (χ3n) is 2.51. The third kappa shape index (κ3) is 2.34. The number of aldehydes is 1. The van der Waals surface area contributed by atoms with Gasteiger partial charge in [-0.15, -0.1) is 0 Å². The number of carbonyl (C=O) groups excluding carboxylic acids is 1. The summed E-state index contributed by atoms with van der Waals surface area (Å²) >= 11 is 0. The van der Waals surface area contributed by atoms with E-state index in [1.807, 2.05) is 6.07 Å². The van der Waals surface area contributed by atoms with E-state index >= 15 is 0 Å². The first-order chi connectivity index (χ1) is 7.79. The molecule has 2 heteroatoms. The fourth-order valence-electron chi connectivity index (χ4n) is 1.72. The van der Waals surface area contributed by atoms with Crippen molar-refractivity contribution in [3.8, 4) is 0 Å². The van der Waals surface area contributed by atoms with Gasteiger partial charge in [0.05, 0.1) is 5.69 Å². The number of rotatable bonds is 3. The number of aromatic nitrogens is 1. The highest BCUT2D eigenvalue weighted by atomic mass is 16.1. The van der Waals surface area contributed by atoms with E-state index in [0.29, 0.717) is 12.0 Å². The van der Waals surface area contributed by atoms with Gasteiger partial charge in [-0.2, -0.15) is 0 Å². The number of nitrogens with zero attached hydrogens (tertiary/aromatic N) is 1. The van der Waals surface area contributed by atoms with Gasteiger partial charge in [-0.1, -0.05) is 29.8 Å². The van der Waals surface area contributed by atoms with Crippen LogP contribution in [0.15, 0.2) is 42.6 Å². The lowest BCUT2D eigenvalue weighted by Crippen LogP contribution is -1.97. The molecule has 0 bridgehead atoms. The Morgan fingerprint density at radius 3 is 2.88 bits per heavy atom. The van der Waals surface area contributed by atoms with Crippen LogP contribution in [0.1, 0.15) is 27.2 Å². The Labute approximate surface area is 95.0 Å². The maximum absolute atomic E-state index is 10.8. The van der Waals surface area contributed by atoms with Crippen molar-refractivity contribution in [2.75, 3.05) is 0 Å². The van der Waals surface area contributed by atoms with E-state index in [4.69, 9.17) is 0 Å². The molecule has 0 amide bonds. The second kappa shape index (κ2) is 4.71. The summed E-state index contributed by atoms with van der Waals surface area (Å²) in [6, 6.07) is 11.8. The van der Waals surface area contributed by atoms with Crippen LogP contribution < -0.4 is 0 Å². The molecular formula is C14H13NO. The summed E-state index contributed by atoms with van der Waals surface area (Å²) in [4.78, 5) is 15.1. The second-order valence-electron chi connectivity index (χ2n) is 3.82. The maximum atomic E-state index is 10.8. The molecule has 2 aromatic rings. The van der Waals surface area contributed by atoms with Crippen molar-refractivity contribution in [2.45, 2.75) is 13.3 Å². The normalized spacial score (nSPS) is 10.1. The first-order valence-corrected chi connectivity index (χ1v) is 5.24. The van der Waals surface area contributed by atoms with E-state index < -0.39 is 0 Å². The van der Waals surface area contributed by atoms with Crippen molar-refractivity contribution >= 4 is 6.29 Å². The minimum atomic E-state index is 0.670. The number of carbonyl (C=O) groups is 1. The molecule has 0 saturated carbocycles. The molecule has 1 aromatic carbocycles. The topological polar surface area (TPSA) is 30.0 Å². The van der Waals surface area contributed by atoms with Crippen LogP contribution in [0.2, 0.25) is 0 Å². The summed E-state index contributed by atoms with van der Waals surface area (Å²) in [7, 11) is 0. The van der Waals surface area contributed by atoms with Crippen LogP contribution in [-0.2, 0) is 6.42 Å². The predicted molar refractivity (Wildman–Crippen MR) is 63.6 cm³/mol. The zero-order valence-electron chi connectivity index (χ0n) is 9.18. The second-order valence-corrected chi connectivity index (χ2v) is 3.82. The molecule has 0 N–H and O–H groups in total. The van der Waals surface area contributed by atoms with E-state index in [1.165, 1.54) is 11.1 Å². The lowest BCUT2D eigenvalue weighted by molar-refractivity contribution is 0.112. The van der Waals surface area contributed by atoms with E-state index in [0.717, 1.165) is 12.0 Å². The highest BCUT2D eigenvalue weighted by molar-refractivity contribution is 5.76. The molecule has 0 spiro atoms. The fourth-order valence-corrected chi connectivity index (χ4v) is 1.72. The van der Waals surface area contributed by atoms with Gasteiger partial charge in [0.25, 0.3) is 0 Å². The van der Waals surface area contributed by atoms with Gasteiger partial charge < -0.3 is 0 Å². The molecule has 2 nitrogen and oxygen atoms in total. The van der Waals surface area contributed by atoms with Gasteiger partial charge >= 0.3 is 0 Å². The van der Waals surface area contributed by atoms with E-state index in [2.05, 4.69) is 30.1 Å². The lowest BCUT2D eigenvalue weighted by atomic mass is 10.0. The van der Waals surface area contributed by atoms with Gasteiger partial charge in [0.2, 0.25) is 0 Å². The van der Waals surface area contributed by atoms with E-state index in [9.17, 15) is 4.79 Å². The maximum Gasteiger partial charge on any atom is 0.151 e. The molecule has 0 fully saturated rings. The number of hydrogen-bond acceptors (Lipinski definition) is 2. The SMILES string of the molecule is Cc1cccc(Cc2ncccc2C=O)c1. The molecule has 0 radical (unpaired) electrons. The van der Waals surface area contributed by atoms with Gasteiger partial charge in [-0.3, -0.25) is 9.78 Å². The summed E-state index contributed by atoms with van der Waals surface area (Å²) in [5, 5.41) is 0. The van der Waals surface area contributed by atoms with Crippen molar-refractivity contribution < 1.29 is 4.79 Å². The van der Waals surface area contributed by atoms with Gasteiger partial charge in [0.15, 0.2) is 6.29 Å². The standard InChI is InChI=1S/C14H13NO/c1-11-4-2-5-12(8-11)9-14-13(10-16)6-3-7-15-14/h2-8,10H,9H2,1H3. The number of benzene rings is 1. The summed E-state index contributed by atoms with van der Waals surface area (Å²) in [6.45, 7) is 2.06.